The van der Waals surface area contributed by atoms with Gasteiger partial charge in [0.15, 0.2) is 0 Å². The minimum atomic E-state index is -3.89. The molecule has 0 saturated carbocycles. The minimum Gasteiger partial charge on any atom is -0.324 e. The molecule has 3 unspecified atom stereocenters. The van der Waals surface area contributed by atoms with Crippen LogP contribution >= 0.6 is 22.6 Å². The molecule has 0 heterocycles. The van der Waals surface area contributed by atoms with E-state index in [-0.39, 0.29) is 6.16 Å². The smallest absolute Gasteiger partial charge is 0.324 e. The predicted molar refractivity (Wildman–Crippen MR) is 55.5 cm³/mol. The van der Waals surface area contributed by atoms with E-state index in [0.29, 0.717) is 0 Å². The van der Waals surface area contributed by atoms with Crippen molar-refractivity contribution in [1.29, 1.82) is 0 Å². The van der Waals surface area contributed by atoms with Crippen molar-refractivity contribution in [1.82, 2.24) is 0 Å². The SMILES string of the molecule is CCP(C)(=O)OP(C)(=O)OP(C)(=O)O. The van der Waals surface area contributed by atoms with Crippen molar-refractivity contribution in [2.75, 3.05) is 26.2 Å². The maximum atomic E-state index is 11.5. The van der Waals surface area contributed by atoms with Crippen LogP contribution in [0.15, 0.2) is 0 Å². The summed E-state index contributed by atoms with van der Waals surface area (Å²) in [5.74, 6) is 0. The average Bonchev–Trinajstić information content (AvgIpc) is 1.78. The van der Waals surface area contributed by atoms with Crippen LogP contribution in [0, 0.1) is 0 Å². The Bertz CT molecular complexity index is 330. The van der Waals surface area contributed by atoms with Gasteiger partial charge in [-0.05, 0) is 0 Å². The lowest BCUT2D eigenvalue weighted by molar-refractivity contribution is 0.345. The Hall–Kier alpha value is 0.570. The fourth-order valence-corrected chi connectivity index (χ4v) is 6.22. The van der Waals surface area contributed by atoms with Gasteiger partial charge in [0.2, 0.25) is 7.37 Å². The number of rotatable bonds is 5. The lowest BCUT2D eigenvalue weighted by Gasteiger charge is -2.19. The summed E-state index contributed by atoms with van der Waals surface area (Å²) in [6.45, 7) is 4.81. The van der Waals surface area contributed by atoms with Crippen LogP contribution in [-0.4, -0.2) is 31.0 Å². The van der Waals surface area contributed by atoms with Gasteiger partial charge < -0.3 is 4.89 Å². The van der Waals surface area contributed by atoms with Gasteiger partial charge in [0.05, 0.1) is 0 Å². The summed E-state index contributed by atoms with van der Waals surface area (Å²) in [4.78, 5) is 8.81. The molecule has 0 fully saturated rings. The average molecular weight is 264 g/mol. The van der Waals surface area contributed by atoms with Gasteiger partial charge in [-0.15, -0.1) is 0 Å². The Kier molecular flexibility index (Phi) is 4.80. The molecule has 0 aliphatic rings. The summed E-state index contributed by atoms with van der Waals surface area (Å²) >= 11 is 0. The molecule has 0 aliphatic heterocycles. The Morgan fingerprint density at radius 1 is 1.07 bits per heavy atom. The van der Waals surface area contributed by atoms with Crippen LogP contribution in [0.3, 0.4) is 0 Å². The molecule has 0 rings (SSSR count). The van der Waals surface area contributed by atoms with Crippen molar-refractivity contribution in [2.24, 2.45) is 0 Å². The highest BCUT2D eigenvalue weighted by atomic mass is 31.3. The highest BCUT2D eigenvalue weighted by Gasteiger charge is 2.32. The Morgan fingerprint density at radius 2 is 1.50 bits per heavy atom. The van der Waals surface area contributed by atoms with E-state index < -0.39 is 22.6 Å². The molecule has 0 aromatic carbocycles. The van der Waals surface area contributed by atoms with Gasteiger partial charge in [0, 0.05) is 26.2 Å². The van der Waals surface area contributed by atoms with Crippen molar-refractivity contribution in [2.45, 2.75) is 6.92 Å². The van der Waals surface area contributed by atoms with Crippen LogP contribution in [0.25, 0.3) is 0 Å². The highest BCUT2D eigenvalue weighted by Crippen LogP contribution is 2.66. The van der Waals surface area contributed by atoms with Gasteiger partial charge in [-0.1, -0.05) is 6.92 Å². The van der Waals surface area contributed by atoms with E-state index in [1.54, 1.807) is 6.92 Å². The largest absolute Gasteiger partial charge is 0.340 e. The molecule has 0 bridgehead atoms. The molecular weight excluding hydrogens is 249 g/mol. The third-order valence-electron chi connectivity index (χ3n) is 1.20. The summed E-state index contributed by atoms with van der Waals surface area (Å²) in [5, 5.41) is 0. The lowest BCUT2D eigenvalue weighted by atomic mass is 11.0. The monoisotopic (exact) mass is 264 g/mol. The van der Waals surface area contributed by atoms with Crippen molar-refractivity contribution < 1.29 is 27.2 Å². The third-order valence-corrected chi connectivity index (χ3v) is 7.31. The zero-order chi connectivity index (χ0) is 11.6. The fraction of sp³-hybridized carbons (Fsp3) is 1.00. The molecule has 3 atom stereocenters. The molecule has 9 heteroatoms. The highest BCUT2D eigenvalue weighted by molar-refractivity contribution is 7.73. The Balaban J connectivity index is 4.60. The summed E-state index contributed by atoms with van der Waals surface area (Å²) in [6.07, 6.45) is 0.188. The third kappa shape index (κ3) is 6.94. The molecule has 0 amide bonds. The second-order valence-corrected chi connectivity index (χ2v) is 10.2. The second kappa shape index (κ2) is 4.61. The van der Waals surface area contributed by atoms with E-state index in [0.717, 1.165) is 13.3 Å². The lowest BCUT2D eigenvalue weighted by Crippen LogP contribution is -1.93. The van der Waals surface area contributed by atoms with Crippen LogP contribution in [0.1, 0.15) is 6.92 Å². The first-order valence-corrected chi connectivity index (χ1v) is 10.1. The summed E-state index contributed by atoms with van der Waals surface area (Å²) in [6, 6.07) is 0. The van der Waals surface area contributed by atoms with Crippen molar-refractivity contribution in [3.63, 3.8) is 0 Å². The first-order chi connectivity index (χ1) is 5.97. The predicted octanol–water partition coefficient (Wildman–Crippen LogP) is 2.59. The van der Waals surface area contributed by atoms with E-state index in [9.17, 15) is 13.7 Å². The van der Waals surface area contributed by atoms with Crippen molar-refractivity contribution in [3.8, 4) is 0 Å². The molecule has 14 heavy (non-hydrogen) atoms. The quantitative estimate of drug-likeness (QED) is 0.767. The molecule has 0 radical (unpaired) electrons. The topological polar surface area (TPSA) is 89.9 Å². The van der Waals surface area contributed by atoms with Gasteiger partial charge in [0.1, 0.15) is 0 Å². The second-order valence-electron chi connectivity index (χ2n) is 3.07. The molecule has 0 spiro atoms. The van der Waals surface area contributed by atoms with E-state index in [2.05, 4.69) is 4.31 Å². The minimum absolute atomic E-state index is 0.188. The molecule has 86 valence electrons. The summed E-state index contributed by atoms with van der Waals surface area (Å²) in [5.41, 5.74) is 0. The normalized spacial score (nSPS) is 24.6. The van der Waals surface area contributed by atoms with Crippen molar-refractivity contribution >= 4 is 22.6 Å². The van der Waals surface area contributed by atoms with Gasteiger partial charge in [-0.2, -0.15) is 0 Å². The van der Waals surface area contributed by atoms with Gasteiger partial charge in [-0.25, -0.2) is 4.31 Å². The van der Waals surface area contributed by atoms with Gasteiger partial charge in [-0.3, -0.25) is 18.0 Å². The number of hydrogen-bond acceptors (Lipinski definition) is 5. The maximum absolute atomic E-state index is 11.5. The Morgan fingerprint density at radius 3 is 1.79 bits per heavy atom. The van der Waals surface area contributed by atoms with E-state index in [4.69, 9.17) is 9.20 Å². The standard InChI is InChI=1S/C5H15O6P3/c1-5-12(2,6)10-14(4,9)11-13(3,7)8/h5H2,1-4H3,(H,7,8). The fourth-order valence-electron chi connectivity index (χ4n) is 0.662. The summed E-state index contributed by atoms with van der Waals surface area (Å²) < 4.78 is 42.7. The zero-order valence-electron chi connectivity index (χ0n) is 8.54. The zero-order valence-corrected chi connectivity index (χ0v) is 11.2. The molecule has 0 aromatic heterocycles. The Labute approximate surface area is 83.5 Å². The van der Waals surface area contributed by atoms with E-state index in [1.165, 1.54) is 6.66 Å². The summed E-state index contributed by atoms with van der Waals surface area (Å²) in [7, 11) is -10.6. The maximum Gasteiger partial charge on any atom is 0.340 e. The first-order valence-electron chi connectivity index (χ1n) is 3.84. The molecule has 0 aromatic rings. The first kappa shape index (κ1) is 14.6. The number of hydrogen-bond donors (Lipinski definition) is 1. The molecule has 1 N–H and O–H groups in total. The molecule has 0 aliphatic carbocycles. The van der Waals surface area contributed by atoms with Crippen LogP contribution in [0.2, 0.25) is 0 Å². The van der Waals surface area contributed by atoms with Gasteiger partial charge >= 0.3 is 15.2 Å². The van der Waals surface area contributed by atoms with Crippen LogP contribution in [0.5, 0.6) is 0 Å². The molecular formula is C5H15O6P3. The van der Waals surface area contributed by atoms with Crippen LogP contribution < -0.4 is 0 Å². The van der Waals surface area contributed by atoms with E-state index in [1.807, 2.05) is 0 Å². The van der Waals surface area contributed by atoms with Crippen molar-refractivity contribution in [3.05, 3.63) is 0 Å². The van der Waals surface area contributed by atoms with Crippen LogP contribution in [-0.2, 0) is 22.3 Å². The van der Waals surface area contributed by atoms with Gasteiger partial charge in [0.25, 0.3) is 0 Å². The molecule has 0 saturated heterocycles. The molecule has 6 nitrogen and oxygen atoms in total. The van der Waals surface area contributed by atoms with Crippen LogP contribution in [0.4, 0.5) is 0 Å². The van der Waals surface area contributed by atoms with E-state index >= 15 is 0 Å².